The Kier molecular flexibility index (Phi) is 4.47. The first-order valence-corrected chi connectivity index (χ1v) is 8.53. The van der Waals surface area contributed by atoms with Crippen LogP contribution in [0.2, 0.25) is 5.02 Å². The third-order valence-corrected chi connectivity index (χ3v) is 4.32. The number of nitrogens with one attached hydrogen (secondary N) is 1. The van der Waals surface area contributed by atoms with Crippen LogP contribution in [0.5, 0.6) is 5.88 Å². The highest BCUT2D eigenvalue weighted by Crippen LogP contribution is 2.20. The number of benzene rings is 2. The quantitative estimate of drug-likeness (QED) is 0.573. The van der Waals surface area contributed by atoms with E-state index in [2.05, 4.69) is 20.6 Å². The fourth-order valence-corrected chi connectivity index (χ4v) is 2.91. The van der Waals surface area contributed by atoms with E-state index in [9.17, 15) is 4.79 Å². The van der Waals surface area contributed by atoms with Crippen LogP contribution in [0.1, 0.15) is 11.1 Å². The first kappa shape index (κ1) is 17.0. The molecular weight excluding hydrogens is 368 g/mol. The summed E-state index contributed by atoms with van der Waals surface area (Å²) >= 11 is 6.03. The van der Waals surface area contributed by atoms with Gasteiger partial charge in [0.25, 0.3) is 0 Å². The van der Waals surface area contributed by atoms with Gasteiger partial charge in [0.1, 0.15) is 6.61 Å². The molecule has 27 heavy (non-hydrogen) atoms. The molecule has 0 spiro atoms. The van der Waals surface area contributed by atoms with Crippen LogP contribution in [0.25, 0.3) is 11.4 Å². The second-order valence-corrected chi connectivity index (χ2v) is 6.29. The fourth-order valence-electron chi connectivity index (χ4n) is 2.72. The summed E-state index contributed by atoms with van der Waals surface area (Å²) < 4.78 is 8.73. The van der Waals surface area contributed by atoms with Crippen molar-refractivity contribution in [1.82, 2.24) is 30.0 Å². The molecule has 9 heteroatoms. The molecule has 0 bridgehead atoms. The highest BCUT2D eigenvalue weighted by Gasteiger charge is 2.13. The lowest BCUT2D eigenvalue weighted by atomic mass is 10.1. The summed E-state index contributed by atoms with van der Waals surface area (Å²) in [6, 6.07) is 14.7. The first-order valence-electron chi connectivity index (χ1n) is 8.15. The monoisotopic (exact) mass is 382 g/mol. The summed E-state index contributed by atoms with van der Waals surface area (Å²) in [5.74, 6) is 0.455. The van der Waals surface area contributed by atoms with Crippen molar-refractivity contribution in [1.29, 1.82) is 0 Å². The molecule has 0 atom stereocenters. The van der Waals surface area contributed by atoms with E-state index in [4.69, 9.17) is 16.3 Å². The van der Waals surface area contributed by atoms with Crippen molar-refractivity contribution in [3.8, 4) is 17.3 Å². The second kappa shape index (κ2) is 7.08. The lowest BCUT2D eigenvalue weighted by Gasteiger charge is -2.11. The van der Waals surface area contributed by atoms with E-state index in [1.54, 1.807) is 29.1 Å². The number of aryl methyl sites for hydroxylation is 1. The van der Waals surface area contributed by atoms with E-state index in [-0.39, 0.29) is 6.61 Å². The molecule has 0 aliphatic rings. The van der Waals surface area contributed by atoms with Gasteiger partial charge in [-0.2, -0.15) is 4.68 Å². The summed E-state index contributed by atoms with van der Waals surface area (Å²) in [7, 11) is 0. The van der Waals surface area contributed by atoms with Crippen molar-refractivity contribution in [3.63, 3.8) is 0 Å². The predicted molar refractivity (Wildman–Crippen MR) is 99.6 cm³/mol. The van der Waals surface area contributed by atoms with Crippen molar-refractivity contribution in [2.45, 2.75) is 13.5 Å². The lowest BCUT2D eigenvalue weighted by Crippen LogP contribution is -2.18. The van der Waals surface area contributed by atoms with E-state index in [1.807, 2.05) is 37.3 Å². The Balaban J connectivity index is 1.58. The maximum Gasteiger partial charge on any atom is 0.365 e. The molecule has 4 aromatic rings. The van der Waals surface area contributed by atoms with Crippen LogP contribution in [-0.4, -0.2) is 30.0 Å². The third-order valence-electron chi connectivity index (χ3n) is 4.09. The van der Waals surface area contributed by atoms with Crippen LogP contribution in [0, 0.1) is 6.92 Å². The Morgan fingerprint density at radius 2 is 2.04 bits per heavy atom. The number of aromatic amines is 1. The lowest BCUT2D eigenvalue weighted by molar-refractivity contribution is 0.290. The Hall–Kier alpha value is -3.39. The molecule has 0 unspecified atom stereocenters. The molecule has 4 rings (SSSR count). The van der Waals surface area contributed by atoms with Gasteiger partial charge in [-0.25, -0.2) is 14.6 Å². The fraction of sp³-hybridized carbons (Fsp3) is 0.111. The Bertz CT molecular complexity index is 1150. The number of hydrogen-bond donors (Lipinski definition) is 1. The molecule has 0 aliphatic carbocycles. The zero-order valence-corrected chi connectivity index (χ0v) is 15.1. The summed E-state index contributed by atoms with van der Waals surface area (Å²) in [6.07, 6.45) is 1.79. The van der Waals surface area contributed by atoms with Gasteiger partial charge in [-0.05, 0) is 47.2 Å². The molecule has 0 fully saturated rings. The van der Waals surface area contributed by atoms with Gasteiger partial charge in [-0.3, -0.25) is 0 Å². The highest BCUT2D eigenvalue weighted by atomic mass is 35.5. The molecule has 0 amide bonds. The van der Waals surface area contributed by atoms with E-state index >= 15 is 0 Å². The maximum absolute atomic E-state index is 11.9. The number of halogens is 1. The first-order chi connectivity index (χ1) is 13.1. The molecule has 0 saturated carbocycles. The van der Waals surface area contributed by atoms with Crippen LogP contribution in [0.3, 0.4) is 0 Å². The maximum atomic E-state index is 11.9. The van der Waals surface area contributed by atoms with Gasteiger partial charge in [-0.15, -0.1) is 5.10 Å². The van der Waals surface area contributed by atoms with Crippen molar-refractivity contribution < 1.29 is 4.74 Å². The number of tetrazole rings is 1. The molecule has 2 aromatic heterocycles. The number of nitrogens with zero attached hydrogens (tertiary/aromatic N) is 5. The average molecular weight is 383 g/mol. The Morgan fingerprint density at radius 1 is 1.19 bits per heavy atom. The van der Waals surface area contributed by atoms with Gasteiger partial charge in [-0.1, -0.05) is 29.8 Å². The van der Waals surface area contributed by atoms with Gasteiger partial charge in [0.05, 0.1) is 11.4 Å². The zero-order valence-electron chi connectivity index (χ0n) is 14.3. The molecule has 2 heterocycles. The number of ether oxygens (including phenoxy) is 1. The molecule has 2 aromatic carbocycles. The van der Waals surface area contributed by atoms with Crippen molar-refractivity contribution in [2.24, 2.45) is 0 Å². The largest absolute Gasteiger partial charge is 0.472 e. The number of aromatic nitrogens is 6. The minimum atomic E-state index is -0.410. The highest BCUT2D eigenvalue weighted by molar-refractivity contribution is 6.30. The SMILES string of the molecule is Cc1cccc(-n2nn[nH]c2=O)c1COc1ccn(-c2cccc(Cl)c2)n1. The van der Waals surface area contributed by atoms with E-state index in [0.29, 0.717) is 16.6 Å². The van der Waals surface area contributed by atoms with E-state index in [0.717, 1.165) is 16.8 Å². The van der Waals surface area contributed by atoms with Gasteiger partial charge >= 0.3 is 5.69 Å². The summed E-state index contributed by atoms with van der Waals surface area (Å²) in [5, 5.41) is 14.7. The minimum absolute atomic E-state index is 0.230. The second-order valence-electron chi connectivity index (χ2n) is 5.86. The number of H-pyrrole nitrogens is 1. The molecule has 1 N–H and O–H groups in total. The summed E-state index contributed by atoms with van der Waals surface area (Å²) in [4.78, 5) is 11.9. The van der Waals surface area contributed by atoms with Crippen molar-refractivity contribution in [3.05, 3.63) is 81.4 Å². The molecule has 0 saturated heterocycles. The normalized spacial score (nSPS) is 10.9. The minimum Gasteiger partial charge on any atom is -0.472 e. The van der Waals surface area contributed by atoms with Crippen LogP contribution in [0.15, 0.2) is 59.5 Å². The van der Waals surface area contributed by atoms with Crippen LogP contribution < -0.4 is 10.4 Å². The molecule has 136 valence electrons. The van der Waals surface area contributed by atoms with E-state index < -0.39 is 5.69 Å². The van der Waals surface area contributed by atoms with Crippen molar-refractivity contribution in [2.75, 3.05) is 0 Å². The van der Waals surface area contributed by atoms with Gasteiger partial charge in [0.15, 0.2) is 0 Å². The topological polar surface area (TPSA) is 90.6 Å². The standard InChI is InChI=1S/C18H15ClN6O2/c1-12-4-2-7-16(25-18(26)20-22-23-25)15(12)11-27-17-8-9-24(21-17)14-6-3-5-13(19)10-14/h2-10H,11H2,1H3,(H,20,23,26). The third kappa shape index (κ3) is 3.47. The van der Waals surface area contributed by atoms with Crippen LogP contribution in [0.4, 0.5) is 0 Å². The molecule has 8 nitrogen and oxygen atoms in total. The predicted octanol–water partition coefficient (Wildman–Crippen LogP) is 2.68. The number of rotatable bonds is 5. The Morgan fingerprint density at radius 3 is 2.81 bits per heavy atom. The molecule has 0 radical (unpaired) electrons. The Labute approximate surface area is 159 Å². The molecule has 0 aliphatic heterocycles. The van der Waals surface area contributed by atoms with Crippen LogP contribution in [-0.2, 0) is 6.61 Å². The van der Waals surface area contributed by atoms with Crippen molar-refractivity contribution >= 4 is 11.6 Å². The van der Waals surface area contributed by atoms with Gasteiger partial charge in [0, 0.05) is 22.8 Å². The summed E-state index contributed by atoms with van der Waals surface area (Å²) in [6.45, 7) is 2.17. The zero-order chi connectivity index (χ0) is 18.8. The van der Waals surface area contributed by atoms with Crippen LogP contribution >= 0.6 is 11.6 Å². The smallest absolute Gasteiger partial charge is 0.365 e. The molecular formula is C18H15ClN6O2. The van der Waals surface area contributed by atoms with Gasteiger partial charge < -0.3 is 4.74 Å². The number of hydrogen-bond acceptors (Lipinski definition) is 5. The van der Waals surface area contributed by atoms with Gasteiger partial charge in [0.2, 0.25) is 5.88 Å². The van der Waals surface area contributed by atoms with E-state index in [1.165, 1.54) is 4.68 Å². The average Bonchev–Trinajstić information content (AvgIpc) is 3.29. The summed E-state index contributed by atoms with van der Waals surface area (Å²) in [5.41, 5.74) is 2.83.